The lowest BCUT2D eigenvalue weighted by Gasteiger charge is -2.41. The highest BCUT2D eigenvalue weighted by Gasteiger charge is 2.30. The van der Waals surface area contributed by atoms with Gasteiger partial charge in [-0.25, -0.2) is 0 Å². The van der Waals surface area contributed by atoms with E-state index in [1.54, 1.807) is 0 Å². The number of rotatable bonds is 6. The monoisotopic (exact) mass is 214 g/mol. The Labute approximate surface area is 93.9 Å². The number of aliphatic hydroxyl groups excluding tert-OH is 1. The zero-order chi connectivity index (χ0) is 11.5. The van der Waals surface area contributed by atoms with E-state index in [1.165, 1.54) is 19.3 Å². The van der Waals surface area contributed by atoms with Gasteiger partial charge in [-0.3, -0.25) is 0 Å². The minimum atomic E-state index is -0.141. The lowest BCUT2D eigenvalue weighted by atomic mass is 9.88. The molecule has 0 aromatic heterocycles. The predicted octanol–water partition coefficient (Wildman–Crippen LogP) is 1.22. The Balaban J connectivity index is 2.41. The molecule has 2 unspecified atom stereocenters. The topological polar surface area (TPSA) is 35.5 Å². The van der Waals surface area contributed by atoms with Gasteiger partial charge in [-0.2, -0.15) is 0 Å². The minimum absolute atomic E-state index is 0.141. The minimum Gasteiger partial charge on any atom is -0.394 e. The first-order chi connectivity index (χ1) is 7.02. The molecule has 1 fully saturated rings. The molecule has 0 aliphatic heterocycles. The first kappa shape index (κ1) is 12.9. The van der Waals surface area contributed by atoms with Crippen LogP contribution in [0.15, 0.2) is 0 Å². The van der Waals surface area contributed by atoms with Crippen molar-refractivity contribution < 1.29 is 5.11 Å². The van der Waals surface area contributed by atoms with Gasteiger partial charge in [0.05, 0.1) is 6.61 Å². The number of hydrogen-bond acceptors (Lipinski definition) is 3. The molecule has 0 aromatic rings. The van der Waals surface area contributed by atoms with Crippen LogP contribution in [0.2, 0.25) is 0 Å². The van der Waals surface area contributed by atoms with Crippen LogP contribution in [-0.2, 0) is 0 Å². The van der Waals surface area contributed by atoms with Gasteiger partial charge in [0.2, 0.25) is 0 Å². The Kier molecular flexibility index (Phi) is 4.56. The molecule has 2 N–H and O–H groups in total. The molecule has 1 saturated carbocycles. The van der Waals surface area contributed by atoms with Crippen LogP contribution in [0.5, 0.6) is 0 Å². The molecule has 0 radical (unpaired) electrons. The molecule has 1 rings (SSSR count). The molecule has 0 saturated heterocycles. The van der Waals surface area contributed by atoms with Crippen molar-refractivity contribution in [3.05, 3.63) is 0 Å². The van der Waals surface area contributed by atoms with E-state index in [0.717, 1.165) is 12.5 Å². The van der Waals surface area contributed by atoms with Gasteiger partial charge >= 0.3 is 0 Å². The Morgan fingerprint density at radius 1 is 1.53 bits per heavy atom. The van der Waals surface area contributed by atoms with Gasteiger partial charge < -0.3 is 15.3 Å². The second-order valence-corrected chi connectivity index (χ2v) is 5.27. The highest BCUT2D eigenvalue weighted by atomic mass is 16.3. The molecule has 1 aliphatic rings. The molecule has 2 atom stereocenters. The first-order valence-corrected chi connectivity index (χ1v) is 6.04. The van der Waals surface area contributed by atoms with E-state index in [1.807, 2.05) is 7.05 Å². The normalized spacial score (nSPS) is 23.6. The molecule has 0 heterocycles. The maximum Gasteiger partial charge on any atom is 0.0611 e. The van der Waals surface area contributed by atoms with Crippen molar-refractivity contribution in [1.29, 1.82) is 0 Å². The van der Waals surface area contributed by atoms with Crippen molar-refractivity contribution in [2.45, 2.75) is 57.2 Å². The summed E-state index contributed by atoms with van der Waals surface area (Å²) < 4.78 is 0. The fraction of sp³-hybridized carbons (Fsp3) is 1.00. The van der Waals surface area contributed by atoms with E-state index >= 15 is 0 Å². The lowest BCUT2D eigenvalue weighted by molar-refractivity contribution is 0.0797. The largest absolute Gasteiger partial charge is 0.394 e. The Bertz CT molecular complexity index is 188. The van der Waals surface area contributed by atoms with Gasteiger partial charge in [0.15, 0.2) is 0 Å². The van der Waals surface area contributed by atoms with Crippen LogP contribution in [0.1, 0.15) is 39.5 Å². The van der Waals surface area contributed by atoms with E-state index in [9.17, 15) is 5.11 Å². The SMILES string of the molecule is CNC(C)(CO)CC(C)N(C)C1CCC1. The van der Waals surface area contributed by atoms with E-state index < -0.39 is 0 Å². The quantitative estimate of drug-likeness (QED) is 0.698. The molecule has 1 aliphatic carbocycles. The molecule has 0 spiro atoms. The first-order valence-electron chi connectivity index (χ1n) is 6.04. The maximum atomic E-state index is 9.34. The zero-order valence-electron chi connectivity index (χ0n) is 10.6. The van der Waals surface area contributed by atoms with Crippen LogP contribution in [-0.4, -0.2) is 48.3 Å². The number of likely N-dealkylation sites (N-methyl/N-ethyl adjacent to an activating group) is 1. The highest BCUT2D eigenvalue weighted by Crippen LogP contribution is 2.27. The molecule has 3 nitrogen and oxygen atoms in total. The van der Waals surface area contributed by atoms with Crippen LogP contribution in [0.3, 0.4) is 0 Å². The van der Waals surface area contributed by atoms with Crippen LogP contribution in [0, 0.1) is 0 Å². The van der Waals surface area contributed by atoms with Crippen molar-refractivity contribution in [3.8, 4) is 0 Å². The Morgan fingerprint density at radius 2 is 2.13 bits per heavy atom. The molecular weight excluding hydrogens is 188 g/mol. The standard InChI is InChI=1S/C12H26N2O/c1-10(8-12(2,9-15)13-3)14(4)11-6-5-7-11/h10-11,13,15H,5-9H2,1-4H3. The molecule has 3 heteroatoms. The van der Waals surface area contributed by atoms with Crippen LogP contribution in [0.25, 0.3) is 0 Å². The third-order valence-electron chi connectivity index (χ3n) is 4.04. The number of nitrogens with one attached hydrogen (secondary N) is 1. The summed E-state index contributed by atoms with van der Waals surface area (Å²) in [6.45, 7) is 4.54. The number of nitrogens with zero attached hydrogens (tertiary/aromatic N) is 1. The van der Waals surface area contributed by atoms with Gasteiger partial charge in [-0.1, -0.05) is 6.42 Å². The summed E-state index contributed by atoms with van der Waals surface area (Å²) in [5.41, 5.74) is -0.141. The summed E-state index contributed by atoms with van der Waals surface area (Å²) in [6.07, 6.45) is 5.06. The lowest BCUT2D eigenvalue weighted by Crippen LogP contribution is -2.51. The van der Waals surface area contributed by atoms with Gasteiger partial charge in [0, 0.05) is 17.6 Å². The van der Waals surface area contributed by atoms with Crippen LogP contribution >= 0.6 is 0 Å². The van der Waals surface area contributed by atoms with Crippen LogP contribution in [0.4, 0.5) is 0 Å². The third-order valence-corrected chi connectivity index (χ3v) is 4.04. The van der Waals surface area contributed by atoms with E-state index in [2.05, 4.69) is 31.1 Å². The number of aliphatic hydroxyl groups is 1. The molecule has 0 aromatic carbocycles. The van der Waals surface area contributed by atoms with Gasteiger partial charge in [0.25, 0.3) is 0 Å². The summed E-state index contributed by atoms with van der Waals surface area (Å²) in [5.74, 6) is 0. The summed E-state index contributed by atoms with van der Waals surface area (Å²) in [4.78, 5) is 2.47. The zero-order valence-corrected chi connectivity index (χ0v) is 10.6. The van der Waals surface area contributed by atoms with Crippen molar-refractivity contribution >= 4 is 0 Å². The van der Waals surface area contributed by atoms with Gasteiger partial charge in [0.1, 0.15) is 0 Å². The molecule has 90 valence electrons. The second kappa shape index (κ2) is 5.28. The van der Waals surface area contributed by atoms with Crippen molar-refractivity contribution in [3.63, 3.8) is 0 Å². The fourth-order valence-corrected chi connectivity index (χ4v) is 2.20. The Hall–Kier alpha value is -0.120. The smallest absolute Gasteiger partial charge is 0.0611 e. The summed E-state index contributed by atoms with van der Waals surface area (Å²) >= 11 is 0. The van der Waals surface area contributed by atoms with E-state index in [-0.39, 0.29) is 12.1 Å². The van der Waals surface area contributed by atoms with Crippen molar-refractivity contribution in [1.82, 2.24) is 10.2 Å². The van der Waals surface area contributed by atoms with Gasteiger partial charge in [-0.15, -0.1) is 0 Å². The van der Waals surface area contributed by atoms with Crippen molar-refractivity contribution in [2.24, 2.45) is 0 Å². The van der Waals surface area contributed by atoms with Crippen molar-refractivity contribution in [2.75, 3.05) is 20.7 Å². The van der Waals surface area contributed by atoms with Crippen LogP contribution < -0.4 is 5.32 Å². The molecule has 15 heavy (non-hydrogen) atoms. The molecule has 0 amide bonds. The van der Waals surface area contributed by atoms with Gasteiger partial charge in [-0.05, 0) is 47.2 Å². The average Bonchev–Trinajstić information content (AvgIpc) is 2.14. The number of hydrogen-bond donors (Lipinski definition) is 2. The summed E-state index contributed by atoms with van der Waals surface area (Å²) in [7, 11) is 4.13. The third kappa shape index (κ3) is 3.16. The summed E-state index contributed by atoms with van der Waals surface area (Å²) in [6, 6.07) is 1.31. The van der Waals surface area contributed by atoms with E-state index in [4.69, 9.17) is 0 Å². The molecular formula is C12H26N2O. The Morgan fingerprint density at radius 3 is 2.47 bits per heavy atom. The predicted molar refractivity (Wildman–Crippen MR) is 64.0 cm³/mol. The fourth-order valence-electron chi connectivity index (χ4n) is 2.20. The summed E-state index contributed by atoms with van der Waals surface area (Å²) in [5, 5.41) is 12.6. The maximum absolute atomic E-state index is 9.34. The average molecular weight is 214 g/mol. The highest BCUT2D eigenvalue weighted by molar-refractivity contribution is 4.88. The molecule has 0 bridgehead atoms. The van der Waals surface area contributed by atoms with E-state index in [0.29, 0.717) is 6.04 Å². The second-order valence-electron chi connectivity index (χ2n) is 5.27.